The standard InChI is InChI=1S/C25H20Cl2N2O4S/c1-3-32-25(31)19-11-28-23(27)21-16(13-34-22(19)21)12-33-20-10-18(8-7-14(20)2)29-24(30)15-5-4-6-17(26)9-15/h4-11,13H,3,12H2,1-2H3,(H,29,30). The molecule has 0 aliphatic heterocycles. The molecule has 0 radical (unpaired) electrons. The molecule has 0 spiro atoms. The number of halogens is 2. The lowest BCUT2D eigenvalue weighted by Gasteiger charge is -2.12. The Labute approximate surface area is 210 Å². The molecule has 0 saturated heterocycles. The summed E-state index contributed by atoms with van der Waals surface area (Å²) in [5, 5.41) is 6.20. The van der Waals surface area contributed by atoms with Crippen LogP contribution in [0.3, 0.4) is 0 Å². The Morgan fingerprint density at radius 1 is 1.15 bits per heavy atom. The van der Waals surface area contributed by atoms with Crippen molar-refractivity contribution in [3.05, 3.63) is 86.5 Å². The Hall–Kier alpha value is -3.13. The van der Waals surface area contributed by atoms with E-state index in [1.54, 1.807) is 43.3 Å². The summed E-state index contributed by atoms with van der Waals surface area (Å²) in [6.07, 6.45) is 1.43. The zero-order valence-electron chi connectivity index (χ0n) is 18.4. The van der Waals surface area contributed by atoms with E-state index in [4.69, 9.17) is 32.7 Å². The van der Waals surface area contributed by atoms with Crippen LogP contribution in [0.4, 0.5) is 5.69 Å². The van der Waals surface area contributed by atoms with E-state index < -0.39 is 5.97 Å². The molecule has 2 aromatic carbocycles. The van der Waals surface area contributed by atoms with E-state index in [9.17, 15) is 9.59 Å². The monoisotopic (exact) mass is 514 g/mol. The van der Waals surface area contributed by atoms with Crippen LogP contribution < -0.4 is 10.1 Å². The van der Waals surface area contributed by atoms with Gasteiger partial charge in [-0.05, 0) is 49.1 Å². The average Bonchev–Trinajstić information content (AvgIpc) is 3.24. The molecule has 0 aliphatic carbocycles. The number of aryl methyl sites for hydroxylation is 1. The van der Waals surface area contributed by atoms with Crippen LogP contribution in [0.15, 0.2) is 54.0 Å². The van der Waals surface area contributed by atoms with Gasteiger partial charge in [0.05, 0.1) is 16.9 Å². The number of thiophene rings is 1. The third-order valence-electron chi connectivity index (χ3n) is 5.04. The predicted octanol–water partition coefficient (Wildman–Crippen LogP) is 6.92. The SMILES string of the molecule is CCOC(=O)c1cnc(Cl)c2c(COc3cc(NC(=O)c4cccc(Cl)c4)ccc3C)csc12. The topological polar surface area (TPSA) is 77.5 Å². The Morgan fingerprint density at radius 2 is 1.97 bits per heavy atom. The van der Waals surface area contributed by atoms with Gasteiger partial charge in [0.1, 0.15) is 17.5 Å². The normalized spacial score (nSPS) is 10.8. The summed E-state index contributed by atoms with van der Waals surface area (Å²) >= 11 is 13.7. The van der Waals surface area contributed by atoms with Gasteiger partial charge in [0.25, 0.3) is 5.91 Å². The number of nitrogens with zero attached hydrogens (tertiary/aromatic N) is 1. The molecule has 4 rings (SSSR count). The summed E-state index contributed by atoms with van der Waals surface area (Å²) in [6, 6.07) is 12.2. The molecule has 34 heavy (non-hydrogen) atoms. The summed E-state index contributed by atoms with van der Waals surface area (Å²) in [7, 11) is 0. The van der Waals surface area contributed by atoms with Gasteiger partial charge in [-0.1, -0.05) is 35.3 Å². The maximum Gasteiger partial charge on any atom is 0.341 e. The molecule has 0 saturated carbocycles. The van der Waals surface area contributed by atoms with E-state index >= 15 is 0 Å². The first kappa shape index (κ1) is 24.0. The van der Waals surface area contributed by atoms with Gasteiger partial charge in [-0.3, -0.25) is 4.79 Å². The first-order valence-electron chi connectivity index (χ1n) is 10.4. The highest BCUT2D eigenvalue weighted by atomic mass is 35.5. The van der Waals surface area contributed by atoms with Gasteiger partial charge in [-0.25, -0.2) is 9.78 Å². The molecule has 0 bridgehead atoms. The van der Waals surface area contributed by atoms with Crippen molar-refractivity contribution in [2.75, 3.05) is 11.9 Å². The van der Waals surface area contributed by atoms with Crippen molar-refractivity contribution in [3.8, 4) is 5.75 Å². The number of aromatic nitrogens is 1. The number of amides is 1. The van der Waals surface area contributed by atoms with Crippen LogP contribution in [0.1, 0.15) is 38.8 Å². The summed E-state index contributed by atoms with van der Waals surface area (Å²) < 4.78 is 11.9. The molecule has 4 aromatic rings. The van der Waals surface area contributed by atoms with Gasteiger partial charge >= 0.3 is 5.97 Å². The molecule has 2 aromatic heterocycles. The van der Waals surface area contributed by atoms with Crippen LogP contribution in [0.2, 0.25) is 10.2 Å². The Balaban J connectivity index is 1.54. The molecule has 0 atom stereocenters. The zero-order valence-corrected chi connectivity index (χ0v) is 20.7. The number of hydrogen-bond acceptors (Lipinski definition) is 6. The third-order valence-corrected chi connectivity index (χ3v) is 6.62. The highest BCUT2D eigenvalue weighted by Crippen LogP contribution is 2.35. The van der Waals surface area contributed by atoms with Crippen molar-refractivity contribution in [2.24, 2.45) is 0 Å². The van der Waals surface area contributed by atoms with E-state index in [1.165, 1.54) is 17.5 Å². The fourth-order valence-electron chi connectivity index (χ4n) is 3.34. The lowest BCUT2D eigenvalue weighted by molar-refractivity contribution is 0.0528. The summed E-state index contributed by atoms with van der Waals surface area (Å²) in [4.78, 5) is 29.0. The van der Waals surface area contributed by atoms with Crippen LogP contribution in [-0.4, -0.2) is 23.5 Å². The number of carbonyl (C=O) groups is 2. The number of benzene rings is 2. The van der Waals surface area contributed by atoms with Crippen molar-refractivity contribution < 1.29 is 19.1 Å². The molecule has 9 heteroatoms. The molecular formula is C25H20Cl2N2O4S. The molecule has 0 aliphatic rings. The predicted molar refractivity (Wildman–Crippen MR) is 136 cm³/mol. The van der Waals surface area contributed by atoms with Crippen molar-refractivity contribution in [2.45, 2.75) is 20.5 Å². The van der Waals surface area contributed by atoms with Crippen LogP contribution in [-0.2, 0) is 11.3 Å². The number of hydrogen-bond donors (Lipinski definition) is 1. The minimum absolute atomic E-state index is 0.209. The van der Waals surface area contributed by atoms with E-state index in [0.29, 0.717) is 42.8 Å². The lowest BCUT2D eigenvalue weighted by Crippen LogP contribution is -2.12. The second-order valence-electron chi connectivity index (χ2n) is 7.38. The van der Waals surface area contributed by atoms with Gasteiger partial charge < -0.3 is 14.8 Å². The van der Waals surface area contributed by atoms with E-state index in [2.05, 4.69) is 10.3 Å². The average molecular weight is 515 g/mol. The van der Waals surface area contributed by atoms with Crippen molar-refractivity contribution in [1.82, 2.24) is 4.98 Å². The highest BCUT2D eigenvalue weighted by molar-refractivity contribution is 7.17. The van der Waals surface area contributed by atoms with Crippen LogP contribution in [0, 0.1) is 6.92 Å². The lowest BCUT2D eigenvalue weighted by atomic mass is 10.1. The molecular weight excluding hydrogens is 495 g/mol. The fraction of sp³-hybridized carbons (Fsp3) is 0.160. The highest BCUT2D eigenvalue weighted by Gasteiger charge is 2.19. The van der Waals surface area contributed by atoms with Crippen LogP contribution >= 0.6 is 34.5 Å². The van der Waals surface area contributed by atoms with Gasteiger partial charge in [0.15, 0.2) is 0 Å². The first-order chi connectivity index (χ1) is 16.4. The Bertz CT molecular complexity index is 1390. The zero-order chi connectivity index (χ0) is 24.2. The number of ether oxygens (including phenoxy) is 2. The quantitative estimate of drug-likeness (QED) is 0.214. The first-order valence-corrected chi connectivity index (χ1v) is 12.0. The van der Waals surface area contributed by atoms with Crippen molar-refractivity contribution in [1.29, 1.82) is 0 Å². The van der Waals surface area contributed by atoms with Gasteiger partial charge in [-0.2, -0.15) is 0 Å². The molecule has 174 valence electrons. The largest absolute Gasteiger partial charge is 0.489 e. The van der Waals surface area contributed by atoms with Gasteiger partial charge in [0.2, 0.25) is 0 Å². The van der Waals surface area contributed by atoms with Gasteiger partial charge in [-0.15, -0.1) is 11.3 Å². The fourth-order valence-corrected chi connectivity index (χ4v) is 4.91. The molecule has 0 fully saturated rings. The summed E-state index contributed by atoms with van der Waals surface area (Å²) in [6.45, 7) is 4.14. The summed E-state index contributed by atoms with van der Waals surface area (Å²) in [5.41, 5.74) is 3.12. The van der Waals surface area contributed by atoms with E-state index in [1.807, 2.05) is 18.4 Å². The molecule has 1 N–H and O–H groups in total. The number of pyridine rings is 1. The number of nitrogens with one attached hydrogen (secondary N) is 1. The van der Waals surface area contributed by atoms with Crippen LogP contribution in [0.5, 0.6) is 5.75 Å². The van der Waals surface area contributed by atoms with Crippen molar-refractivity contribution >= 4 is 62.2 Å². The third kappa shape index (κ3) is 5.17. The Morgan fingerprint density at radius 3 is 2.74 bits per heavy atom. The summed E-state index contributed by atoms with van der Waals surface area (Å²) in [5.74, 6) is -0.107. The minimum Gasteiger partial charge on any atom is -0.489 e. The molecule has 2 heterocycles. The number of anilines is 1. The smallest absolute Gasteiger partial charge is 0.341 e. The van der Waals surface area contributed by atoms with Crippen LogP contribution in [0.25, 0.3) is 10.1 Å². The second-order valence-corrected chi connectivity index (χ2v) is 9.06. The van der Waals surface area contributed by atoms with E-state index in [-0.39, 0.29) is 19.1 Å². The molecule has 0 unspecified atom stereocenters. The number of carbonyl (C=O) groups excluding carboxylic acids is 2. The number of fused-ring (bicyclic) bond motifs is 1. The molecule has 1 amide bonds. The minimum atomic E-state index is -0.440. The van der Waals surface area contributed by atoms with Crippen molar-refractivity contribution in [3.63, 3.8) is 0 Å². The number of rotatable bonds is 7. The second kappa shape index (κ2) is 10.4. The maximum atomic E-state index is 12.6. The Kier molecular flexibility index (Phi) is 7.36. The van der Waals surface area contributed by atoms with Gasteiger partial charge in [0, 0.05) is 39.5 Å². The number of esters is 1. The molecule has 6 nitrogen and oxygen atoms in total. The van der Waals surface area contributed by atoms with E-state index in [0.717, 1.165) is 11.1 Å². The maximum absolute atomic E-state index is 12.6.